The molecule has 166 valence electrons. The molecule has 33 heavy (non-hydrogen) atoms. The van der Waals surface area contributed by atoms with Gasteiger partial charge in [0.25, 0.3) is 0 Å². The Balaban J connectivity index is 1.61. The van der Waals surface area contributed by atoms with Crippen molar-refractivity contribution in [3.05, 3.63) is 95.1 Å². The van der Waals surface area contributed by atoms with Crippen molar-refractivity contribution in [2.45, 2.75) is 26.2 Å². The molecule has 6 heteroatoms. The first-order chi connectivity index (χ1) is 15.8. The number of hydrogen-bond acceptors (Lipinski definition) is 6. The number of carbonyl (C=O) groups excluding carboxylic acids is 1. The quantitative estimate of drug-likeness (QED) is 0.148. The second-order valence-electron chi connectivity index (χ2n) is 8.68. The number of nitrogens with zero attached hydrogens (tertiary/aromatic N) is 2. The Morgan fingerprint density at radius 3 is 2.52 bits per heavy atom. The highest BCUT2D eigenvalue weighted by Crippen LogP contribution is 2.35. The molecule has 1 heterocycles. The van der Waals surface area contributed by atoms with Gasteiger partial charge in [0, 0.05) is 16.7 Å². The first-order valence-electron chi connectivity index (χ1n) is 10.6. The smallest absolute Gasteiger partial charge is 0.204 e. The number of aromatic hydroxyl groups is 1. The fraction of sp³-hybridized carbons (Fsp3) is 0.148. The molecule has 0 aliphatic rings. The summed E-state index contributed by atoms with van der Waals surface area (Å²) in [5, 5.41) is 15.9. The number of thiazole rings is 1. The fourth-order valence-corrected chi connectivity index (χ4v) is 4.22. The molecule has 3 aromatic carbocycles. The van der Waals surface area contributed by atoms with Crippen molar-refractivity contribution in [3.8, 4) is 5.75 Å². The summed E-state index contributed by atoms with van der Waals surface area (Å²) in [6.07, 6.45) is 4.83. The monoisotopic (exact) mass is 455 g/mol. The minimum Gasteiger partial charge on any atom is -0.507 e. The topological polar surface area (TPSA) is 74.6 Å². The van der Waals surface area contributed by atoms with Crippen molar-refractivity contribution >= 4 is 44.8 Å². The summed E-state index contributed by atoms with van der Waals surface area (Å²) in [5.41, 5.74) is 6.37. The zero-order valence-corrected chi connectivity index (χ0v) is 19.6. The third kappa shape index (κ3) is 5.35. The van der Waals surface area contributed by atoms with Crippen LogP contribution in [0.1, 0.15) is 47.8 Å². The molecular weight excluding hydrogens is 430 g/mol. The van der Waals surface area contributed by atoms with Crippen LogP contribution < -0.4 is 5.43 Å². The van der Waals surface area contributed by atoms with E-state index in [1.54, 1.807) is 24.4 Å². The number of hydrazone groups is 1. The van der Waals surface area contributed by atoms with E-state index in [4.69, 9.17) is 0 Å². The second-order valence-corrected chi connectivity index (χ2v) is 9.71. The van der Waals surface area contributed by atoms with Crippen LogP contribution >= 0.6 is 11.3 Å². The molecule has 0 saturated heterocycles. The van der Waals surface area contributed by atoms with Gasteiger partial charge in [-0.2, -0.15) is 5.10 Å². The van der Waals surface area contributed by atoms with Crippen LogP contribution in [0.4, 0.5) is 5.13 Å². The molecule has 0 radical (unpaired) electrons. The standard InChI is InChI=1S/C27H25N3O2S/c1-27(2,3)21-16-18(17-28-30-26-29-22-11-7-8-12-24(22)33-26)15-20(25(21)32)13-14-23(31)19-9-5-4-6-10-19/h4-17,32H,1-3H3,(H,29,30)/b14-13+,28-17+. The van der Waals surface area contributed by atoms with Gasteiger partial charge in [0.2, 0.25) is 5.13 Å². The SMILES string of the molecule is CC(C)(C)c1cc(/C=N/Nc2nc3ccccc3s2)cc(/C=C/C(=O)c2ccccc2)c1O. The summed E-state index contributed by atoms with van der Waals surface area (Å²) in [7, 11) is 0. The highest BCUT2D eigenvalue weighted by Gasteiger charge is 2.20. The molecule has 0 unspecified atom stereocenters. The van der Waals surface area contributed by atoms with Gasteiger partial charge >= 0.3 is 0 Å². The number of rotatable bonds is 6. The molecule has 2 N–H and O–H groups in total. The first-order valence-corrected chi connectivity index (χ1v) is 11.4. The maximum Gasteiger partial charge on any atom is 0.204 e. The third-order valence-electron chi connectivity index (χ3n) is 5.11. The number of phenolic OH excluding ortho intramolecular Hbond substituents is 1. The van der Waals surface area contributed by atoms with Crippen molar-refractivity contribution in [2.75, 3.05) is 5.43 Å². The highest BCUT2D eigenvalue weighted by molar-refractivity contribution is 7.22. The van der Waals surface area contributed by atoms with E-state index in [1.807, 2.05) is 75.4 Å². The van der Waals surface area contributed by atoms with Gasteiger partial charge in [-0.05, 0) is 47.4 Å². The average Bonchev–Trinajstić information content (AvgIpc) is 3.21. The van der Waals surface area contributed by atoms with E-state index >= 15 is 0 Å². The molecule has 0 aliphatic carbocycles. The zero-order chi connectivity index (χ0) is 23.4. The van der Waals surface area contributed by atoms with E-state index in [9.17, 15) is 9.90 Å². The number of aromatic nitrogens is 1. The summed E-state index contributed by atoms with van der Waals surface area (Å²) in [5.74, 6) is 0.0415. The predicted octanol–water partition coefficient (Wildman–Crippen LogP) is 6.64. The van der Waals surface area contributed by atoms with Gasteiger partial charge in [-0.15, -0.1) is 0 Å². The largest absolute Gasteiger partial charge is 0.507 e. The van der Waals surface area contributed by atoms with E-state index in [2.05, 4.69) is 15.5 Å². The number of hydrogen-bond donors (Lipinski definition) is 2. The van der Waals surface area contributed by atoms with Gasteiger partial charge in [-0.25, -0.2) is 4.98 Å². The van der Waals surface area contributed by atoms with Gasteiger partial charge in [-0.3, -0.25) is 10.2 Å². The Hall–Kier alpha value is -3.77. The lowest BCUT2D eigenvalue weighted by molar-refractivity contribution is 0.104. The van der Waals surface area contributed by atoms with Gasteiger partial charge in [0.05, 0.1) is 16.4 Å². The van der Waals surface area contributed by atoms with Crippen molar-refractivity contribution in [2.24, 2.45) is 5.10 Å². The van der Waals surface area contributed by atoms with Crippen LogP contribution in [0, 0.1) is 0 Å². The molecule has 1 aromatic heterocycles. The summed E-state index contributed by atoms with van der Waals surface area (Å²) in [6, 6.07) is 20.7. The minimum atomic E-state index is -0.291. The number of anilines is 1. The maximum atomic E-state index is 12.5. The summed E-state index contributed by atoms with van der Waals surface area (Å²) < 4.78 is 1.09. The van der Waals surface area contributed by atoms with Crippen LogP contribution in [0.15, 0.2) is 77.9 Å². The van der Waals surface area contributed by atoms with Crippen molar-refractivity contribution < 1.29 is 9.90 Å². The summed E-state index contributed by atoms with van der Waals surface area (Å²) in [4.78, 5) is 17.0. The molecule has 5 nitrogen and oxygen atoms in total. The lowest BCUT2D eigenvalue weighted by atomic mass is 9.84. The van der Waals surface area contributed by atoms with Crippen LogP contribution in [0.2, 0.25) is 0 Å². The van der Waals surface area contributed by atoms with Gasteiger partial charge in [0.15, 0.2) is 5.78 Å². The van der Waals surface area contributed by atoms with Crippen molar-refractivity contribution in [1.29, 1.82) is 0 Å². The molecule has 0 atom stereocenters. The predicted molar refractivity (Wildman–Crippen MR) is 137 cm³/mol. The molecule has 4 aromatic rings. The van der Waals surface area contributed by atoms with Crippen LogP contribution in [0.5, 0.6) is 5.75 Å². The lowest BCUT2D eigenvalue weighted by Gasteiger charge is -2.22. The van der Waals surface area contributed by atoms with Crippen LogP contribution in [0.3, 0.4) is 0 Å². The Kier molecular flexibility index (Phi) is 6.38. The summed E-state index contributed by atoms with van der Waals surface area (Å²) in [6.45, 7) is 6.10. The van der Waals surface area contributed by atoms with E-state index in [-0.39, 0.29) is 16.9 Å². The molecule has 0 bridgehead atoms. The number of fused-ring (bicyclic) bond motifs is 1. The maximum absolute atomic E-state index is 12.5. The van der Waals surface area contributed by atoms with Gasteiger partial charge in [-0.1, -0.05) is 74.6 Å². The molecule has 0 aliphatic heterocycles. The lowest BCUT2D eigenvalue weighted by Crippen LogP contribution is -2.12. The van der Waals surface area contributed by atoms with Crippen molar-refractivity contribution in [1.82, 2.24) is 4.98 Å². The molecular formula is C27H25N3O2S. The van der Waals surface area contributed by atoms with Gasteiger partial charge in [0.1, 0.15) is 5.75 Å². The van der Waals surface area contributed by atoms with E-state index < -0.39 is 0 Å². The number of allylic oxidation sites excluding steroid dienone is 1. The Labute approximate surface area is 197 Å². The van der Waals surface area contributed by atoms with E-state index in [0.717, 1.165) is 21.3 Å². The molecule has 0 saturated carbocycles. The van der Waals surface area contributed by atoms with Gasteiger partial charge < -0.3 is 5.11 Å². The second kappa shape index (κ2) is 9.38. The Morgan fingerprint density at radius 2 is 1.79 bits per heavy atom. The number of phenols is 1. The van der Waals surface area contributed by atoms with Crippen LogP contribution in [0.25, 0.3) is 16.3 Å². The number of nitrogens with one attached hydrogen (secondary N) is 1. The molecule has 0 amide bonds. The molecule has 4 rings (SSSR count). The number of para-hydroxylation sites is 1. The normalized spacial score (nSPS) is 12.1. The highest BCUT2D eigenvalue weighted by atomic mass is 32.1. The minimum absolute atomic E-state index is 0.121. The molecule has 0 spiro atoms. The Morgan fingerprint density at radius 1 is 1.06 bits per heavy atom. The Bertz CT molecular complexity index is 1320. The number of carbonyl (C=O) groups is 1. The number of ketones is 1. The fourth-order valence-electron chi connectivity index (χ4n) is 3.40. The van der Waals surface area contributed by atoms with Crippen LogP contribution in [-0.2, 0) is 5.41 Å². The first kappa shape index (κ1) is 22.4. The van der Waals surface area contributed by atoms with E-state index in [0.29, 0.717) is 16.3 Å². The zero-order valence-electron chi connectivity index (χ0n) is 18.7. The molecule has 0 fully saturated rings. The van der Waals surface area contributed by atoms with E-state index in [1.165, 1.54) is 17.4 Å². The third-order valence-corrected chi connectivity index (χ3v) is 6.05. The average molecular weight is 456 g/mol. The number of benzene rings is 3. The van der Waals surface area contributed by atoms with Crippen LogP contribution in [-0.4, -0.2) is 22.1 Å². The van der Waals surface area contributed by atoms with Crippen molar-refractivity contribution in [3.63, 3.8) is 0 Å². The summed E-state index contributed by atoms with van der Waals surface area (Å²) >= 11 is 1.53.